The van der Waals surface area contributed by atoms with Crippen molar-refractivity contribution in [2.75, 3.05) is 20.2 Å². The molecule has 0 bridgehead atoms. The average Bonchev–Trinajstić information content (AvgIpc) is 3.10. The van der Waals surface area contributed by atoms with Crippen LogP contribution in [0.3, 0.4) is 0 Å². The molecule has 0 unspecified atom stereocenters. The van der Waals surface area contributed by atoms with E-state index in [4.69, 9.17) is 4.74 Å². The van der Waals surface area contributed by atoms with Crippen molar-refractivity contribution in [3.63, 3.8) is 0 Å². The molecular weight excluding hydrogens is 349 g/mol. The number of carbonyl (C=O) groups is 1. The Bertz CT molecular complexity index is 805. The summed E-state index contributed by atoms with van der Waals surface area (Å²) < 4.78 is 18.8. The number of nitrogens with zero attached hydrogens (tertiary/aromatic N) is 2. The van der Waals surface area contributed by atoms with Crippen LogP contribution in [0.5, 0.6) is 5.75 Å². The molecule has 1 aliphatic heterocycles. The number of amides is 1. The smallest absolute Gasteiger partial charge is 0.271 e. The SMILES string of the molecule is COc1ccc(F)cc1-c1cc(C(=O)N2CCC(CC(C)(C)O)CC2)[nH]n1. The molecule has 2 N–H and O–H groups in total. The van der Waals surface area contributed by atoms with Crippen LogP contribution in [0.25, 0.3) is 11.3 Å². The van der Waals surface area contributed by atoms with Gasteiger partial charge in [0.15, 0.2) is 0 Å². The lowest BCUT2D eigenvalue weighted by Crippen LogP contribution is -2.40. The average molecular weight is 375 g/mol. The molecule has 1 aliphatic rings. The van der Waals surface area contributed by atoms with E-state index < -0.39 is 11.4 Å². The molecule has 0 saturated carbocycles. The number of aromatic nitrogens is 2. The number of likely N-dealkylation sites (tertiary alicyclic amines) is 1. The molecule has 1 saturated heterocycles. The number of ether oxygens (including phenoxy) is 1. The summed E-state index contributed by atoms with van der Waals surface area (Å²) in [5.74, 6) is 0.402. The number of aromatic amines is 1. The lowest BCUT2D eigenvalue weighted by molar-refractivity contribution is 0.0357. The van der Waals surface area contributed by atoms with Crippen molar-refractivity contribution in [1.29, 1.82) is 0 Å². The van der Waals surface area contributed by atoms with E-state index in [0.717, 1.165) is 19.3 Å². The zero-order valence-electron chi connectivity index (χ0n) is 16.0. The van der Waals surface area contributed by atoms with Crippen LogP contribution in [-0.4, -0.2) is 51.9 Å². The third-order valence-corrected chi connectivity index (χ3v) is 4.94. The zero-order valence-corrected chi connectivity index (χ0v) is 16.0. The first-order chi connectivity index (χ1) is 12.8. The molecule has 2 aromatic rings. The Morgan fingerprint density at radius 1 is 1.37 bits per heavy atom. The van der Waals surface area contributed by atoms with Crippen LogP contribution >= 0.6 is 0 Å². The van der Waals surface area contributed by atoms with Gasteiger partial charge in [0, 0.05) is 18.7 Å². The molecule has 1 amide bonds. The Kier molecular flexibility index (Phi) is 5.51. The second-order valence-electron chi connectivity index (χ2n) is 7.76. The molecule has 6 nitrogen and oxygen atoms in total. The van der Waals surface area contributed by atoms with Gasteiger partial charge < -0.3 is 14.7 Å². The second-order valence-corrected chi connectivity index (χ2v) is 7.76. The summed E-state index contributed by atoms with van der Waals surface area (Å²) in [5, 5.41) is 16.9. The van der Waals surface area contributed by atoms with E-state index in [0.29, 0.717) is 41.7 Å². The maximum atomic E-state index is 13.6. The number of piperidine rings is 1. The molecule has 7 heteroatoms. The van der Waals surface area contributed by atoms with Crippen LogP contribution in [-0.2, 0) is 0 Å². The lowest BCUT2D eigenvalue weighted by atomic mass is 9.86. The van der Waals surface area contributed by atoms with Crippen molar-refractivity contribution in [3.05, 3.63) is 35.8 Å². The topological polar surface area (TPSA) is 78.5 Å². The Hall–Kier alpha value is -2.41. The fourth-order valence-corrected chi connectivity index (χ4v) is 3.67. The maximum absolute atomic E-state index is 13.6. The number of nitrogens with one attached hydrogen (secondary N) is 1. The number of H-pyrrole nitrogens is 1. The minimum atomic E-state index is -0.681. The van der Waals surface area contributed by atoms with Crippen LogP contribution < -0.4 is 4.74 Å². The highest BCUT2D eigenvalue weighted by Crippen LogP contribution is 2.30. The molecule has 0 atom stereocenters. The van der Waals surface area contributed by atoms with Gasteiger partial charge >= 0.3 is 0 Å². The van der Waals surface area contributed by atoms with Crippen molar-refractivity contribution < 1.29 is 19.0 Å². The Labute approximate surface area is 158 Å². The molecule has 1 fully saturated rings. The number of methoxy groups -OCH3 is 1. The Balaban J connectivity index is 1.69. The fourth-order valence-electron chi connectivity index (χ4n) is 3.67. The minimum Gasteiger partial charge on any atom is -0.496 e. The van der Waals surface area contributed by atoms with Gasteiger partial charge in [-0.2, -0.15) is 5.10 Å². The normalized spacial score (nSPS) is 15.8. The summed E-state index contributed by atoms with van der Waals surface area (Å²) in [5.41, 5.74) is 0.652. The van der Waals surface area contributed by atoms with Gasteiger partial charge in [0.25, 0.3) is 5.91 Å². The maximum Gasteiger partial charge on any atom is 0.271 e. The molecule has 0 aliphatic carbocycles. The molecule has 3 rings (SSSR count). The van der Waals surface area contributed by atoms with Gasteiger partial charge in [-0.3, -0.25) is 9.89 Å². The molecule has 0 radical (unpaired) electrons. The van der Waals surface area contributed by atoms with Gasteiger partial charge in [0.05, 0.1) is 18.4 Å². The number of hydrogen-bond donors (Lipinski definition) is 2. The number of hydrogen-bond acceptors (Lipinski definition) is 4. The second kappa shape index (κ2) is 7.68. The minimum absolute atomic E-state index is 0.120. The van der Waals surface area contributed by atoms with Crippen molar-refractivity contribution in [2.45, 2.75) is 38.7 Å². The third-order valence-electron chi connectivity index (χ3n) is 4.94. The summed E-state index contributed by atoms with van der Waals surface area (Å²) >= 11 is 0. The van der Waals surface area contributed by atoms with Gasteiger partial charge in [-0.25, -0.2) is 4.39 Å². The summed E-state index contributed by atoms with van der Waals surface area (Å²) in [4.78, 5) is 14.6. The van der Waals surface area contributed by atoms with E-state index in [2.05, 4.69) is 10.2 Å². The van der Waals surface area contributed by atoms with Crippen molar-refractivity contribution in [3.8, 4) is 17.0 Å². The third kappa shape index (κ3) is 4.66. The zero-order chi connectivity index (χ0) is 19.6. The highest BCUT2D eigenvalue weighted by Gasteiger charge is 2.28. The van der Waals surface area contributed by atoms with Crippen molar-refractivity contribution in [1.82, 2.24) is 15.1 Å². The molecular formula is C20H26FN3O3. The van der Waals surface area contributed by atoms with Crippen LogP contribution in [0.2, 0.25) is 0 Å². The molecule has 146 valence electrons. The first-order valence-electron chi connectivity index (χ1n) is 9.18. The predicted molar refractivity (Wildman–Crippen MR) is 100 cm³/mol. The lowest BCUT2D eigenvalue weighted by Gasteiger charge is -2.34. The van der Waals surface area contributed by atoms with Gasteiger partial charge in [-0.15, -0.1) is 0 Å². The van der Waals surface area contributed by atoms with Gasteiger partial charge in [0.1, 0.15) is 17.3 Å². The molecule has 0 spiro atoms. The highest BCUT2D eigenvalue weighted by atomic mass is 19.1. The summed E-state index contributed by atoms with van der Waals surface area (Å²) in [6, 6.07) is 5.82. The summed E-state index contributed by atoms with van der Waals surface area (Å²) in [6.45, 7) is 4.93. The molecule has 27 heavy (non-hydrogen) atoms. The Morgan fingerprint density at radius 3 is 2.70 bits per heavy atom. The number of benzene rings is 1. The molecule has 1 aromatic carbocycles. The van der Waals surface area contributed by atoms with E-state index in [9.17, 15) is 14.3 Å². The van der Waals surface area contributed by atoms with Crippen LogP contribution in [0.4, 0.5) is 4.39 Å². The Morgan fingerprint density at radius 2 is 2.07 bits per heavy atom. The summed E-state index contributed by atoms with van der Waals surface area (Å²) in [6.07, 6.45) is 2.48. The van der Waals surface area contributed by atoms with Gasteiger partial charge in [-0.05, 0) is 63.3 Å². The number of rotatable bonds is 5. The quantitative estimate of drug-likeness (QED) is 0.841. The first kappa shape index (κ1) is 19.4. The summed E-state index contributed by atoms with van der Waals surface area (Å²) in [7, 11) is 1.51. The van der Waals surface area contributed by atoms with E-state index >= 15 is 0 Å². The van der Waals surface area contributed by atoms with E-state index in [1.807, 2.05) is 13.8 Å². The number of carbonyl (C=O) groups excluding carboxylic acids is 1. The first-order valence-corrected chi connectivity index (χ1v) is 9.18. The van der Waals surface area contributed by atoms with Gasteiger partial charge in [0.2, 0.25) is 0 Å². The molecule has 2 heterocycles. The fraction of sp³-hybridized carbons (Fsp3) is 0.500. The van der Waals surface area contributed by atoms with E-state index in [1.165, 1.54) is 25.3 Å². The largest absolute Gasteiger partial charge is 0.496 e. The van der Waals surface area contributed by atoms with Crippen molar-refractivity contribution in [2.24, 2.45) is 5.92 Å². The molecule has 1 aromatic heterocycles. The van der Waals surface area contributed by atoms with Crippen molar-refractivity contribution >= 4 is 5.91 Å². The van der Waals surface area contributed by atoms with E-state index in [-0.39, 0.29) is 5.91 Å². The van der Waals surface area contributed by atoms with Gasteiger partial charge in [-0.1, -0.05) is 0 Å². The van der Waals surface area contributed by atoms with Crippen LogP contribution in [0, 0.1) is 11.7 Å². The monoisotopic (exact) mass is 375 g/mol. The predicted octanol–water partition coefficient (Wildman–Crippen LogP) is 3.24. The van der Waals surface area contributed by atoms with Crippen LogP contribution in [0.1, 0.15) is 43.6 Å². The number of aliphatic hydroxyl groups is 1. The standard InChI is InChI=1S/C20H26FN3O3/c1-20(2,26)12-13-6-8-24(9-7-13)19(25)17-11-16(22-23-17)15-10-14(21)4-5-18(15)27-3/h4-5,10-11,13,26H,6-9,12H2,1-3H3,(H,22,23). The number of halogens is 1. The van der Waals surface area contributed by atoms with E-state index in [1.54, 1.807) is 11.0 Å². The van der Waals surface area contributed by atoms with Crippen LogP contribution in [0.15, 0.2) is 24.3 Å². The highest BCUT2D eigenvalue weighted by molar-refractivity contribution is 5.93.